The molecular weight excluding hydrogens is 201 g/mol. The molecule has 1 unspecified atom stereocenters. The summed E-state index contributed by atoms with van der Waals surface area (Å²) < 4.78 is 0.809. The molecule has 0 aromatic carbocycles. The third kappa shape index (κ3) is 4.55. The molecule has 0 aliphatic heterocycles. The number of halogens is 1. The van der Waals surface area contributed by atoms with Gasteiger partial charge in [0.05, 0.1) is 0 Å². The zero-order valence-corrected chi connectivity index (χ0v) is 7.32. The summed E-state index contributed by atoms with van der Waals surface area (Å²) in [5.74, 6) is 0. The monoisotopic (exact) mass is 214 g/mol. The Kier molecular flexibility index (Phi) is 5.32. The summed E-state index contributed by atoms with van der Waals surface area (Å²) in [6, 6.07) is 0. The molecule has 0 spiro atoms. The molecule has 0 saturated carbocycles. The van der Waals surface area contributed by atoms with Crippen molar-refractivity contribution >= 4 is 0 Å². The van der Waals surface area contributed by atoms with E-state index in [1.807, 2.05) is 0 Å². The van der Waals surface area contributed by atoms with Gasteiger partial charge in [-0.15, -0.1) is 0 Å². The van der Waals surface area contributed by atoms with Gasteiger partial charge >= 0.3 is 55.9 Å². The van der Waals surface area contributed by atoms with Gasteiger partial charge in [-0.2, -0.15) is 0 Å². The van der Waals surface area contributed by atoms with Crippen molar-refractivity contribution in [1.82, 2.24) is 5.32 Å². The Morgan fingerprint density at radius 3 is 2.43 bits per heavy atom. The van der Waals surface area contributed by atoms with Crippen molar-refractivity contribution in [1.29, 1.82) is 0 Å². The van der Waals surface area contributed by atoms with Gasteiger partial charge in [0.2, 0.25) is 0 Å². The van der Waals surface area contributed by atoms with Crippen molar-refractivity contribution in [2.24, 2.45) is 0 Å². The van der Waals surface area contributed by atoms with Crippen LogP contribution >= 0.6 is 0 Å². The molecule has 46 valence electrons. The summed E-state index contributed by atoms with van der Waals surface area (Å²) in [7, 11) is 0. The molecule has 0 aliphatic rings. The molecule has 0 heterocycles. The quantitative estimate of drug-likeness (QED) is 0.315. The molecule has 0 radical (unpaired) electrons. The van der Waals surface area contributed by atoms with Crippen LogP contribution in [0.2, 0.25) is 0 Å². The van der Waals surface area contributed by atoms with E-state index in [4.69, 9.17) is 0 Å². The minimum atomic E-state index is 0.427. The third-order valence-electron chi connectivity index (χ3n) is 0.813. The Hall–Kier alpha value is 0.690. The van der Waals surface area contributed by atoms with E-state index in [0.717, 1.165) is 10.6 Å². The van der Waals surface area contributed by atoms with Gasteiger partial charge < -0.3 is 0 Å². The molecule has 0 rings (SSSR count). The topological polar surface area (TPSA) is 12.0 Å². The van der Waals surface area contributed by atoms with Gasteiger partial charge in [0.15, 0.2) is 0 Å². The van der Waals surface area contributed by atoms with Gasteiger partial charge in [0.25, 0.3) is 0 Å². The molecule has 0 amide bonds. The predicted octanol–water partition coefficient (Wildman–Crippen LogP) is -2.34. The van der Waals surface area contributed by atoms with Crippen molar-refractivity contribution < 1.29 is 21.2 Å². The summed E-state index contributed by atoms with van der Waals surface area (Å²) in [4.78, 5) is 2.30. The average Bonchev–Trinajstić information content (AvgIpc) is 1.68. The average molecular weight is 214 g/mol. The van der Waals surface area contributed by atoms with Crippen molar-refractivity contribution in [3.8, 4) is 0 Å². The van der Waals surface area contributed by atoms with Crippen LogP contribution in [-0.2, 0) is 0 Å². The number of rotatable bonds is 3. The van der Waals surface area contributed by atoms with Crippen LogP contribution in [0.5, 0.6) is 0 Å². The molecule has 7 heavy (non-hydrogen) atoms. The van der Waals surface area contributed by atoms with Gasteiger partial charge in [-0.05, 0) is 0 Å². The molecule has 1 nitrogen and oxygen atoms in total. The van der Waals surface area contributed by atoms with E-state index in [0.29, 0.717) is 21.2 Å². The summed E-state index contributed by atoms with van der Waals surface area (Å²) in [5, 5.41) is 3.34. The zero-order chi connectivity index (χ0) is 5.70. The van der Waals surface area contributed by atoms with Crippen LogP contribution in [-0.4, -0.2) is 15.5 Å². The number of alkyl halides is 2. The standard InChI is InChI=1S/C5H13IN/c1-4-7-5(2)6-3/h5,7H,4H2,1-3H3/q-1. The van der Waals surface area contributed by atoms with E-state index in [1.54, 1.807) is 0 Å². The van der Waals surface area contributed by atoms with Crippen molar-refractivity contribution in [3.05, 3.63) is 0 Å². The molecular formula is C5H13IN-. The van der Waals surface area contributed by atoms with E-state index < -0.39 is 0 Å². The van der Waals surface area contributed by atoms with E-state index in [9.17, 15) is 0 Å². The van der Waals surface area contributed by atoms with Gasteiger partial charge in [-0.1, -0.05) is 0 Å². The summed E-state index contributed by atoms with van der Waals surface area (Å²) in [6.07, 6.45) is 0. The first kappa shape index (κ1) is 7.69. The van der Waals surface area contributed by atoms with Crippen LogP contribution in [0.15, 0.2) is 0 Å². The Morgan fingerprint density at radius 1 is 1.71 bits per heavy atom. The van der Waals surface area contributed by atoms with Crippen LogP contribution in [0.25, 0.3) is 0 Å². The van der Waals surface area contributed by atoms with Gasteiger partial charge in [-0.25, -0.2) is 0 Å². The molecule has 2 heteroatoms. The molecule has 0 fully saturated rings. The predicted molar refractivity (Wildman–Crippen MR) is 29.1 cm³/mol. The molecule has 0 bridgehead atoms. The fourth-order valence-corrected chi connectivity index (χ4v) is 1.24. The van der Waals surface area contributed by atoms with Gasteiger partial charge in [0, 0.05) is 0 Å². The normalized spacial score (nSPS) is 14.7. The summed E-state index contributed by atoms with van der Waals surface area (Å²) in [5.41, 5.74) is 0. The Bertz CT molecular complexity index is 39.1. The van der Waals surface area contributed by atoms with Crippen LogP contribution in [0.1, 0.15) is 13.8 Å². The van der Waals surface area contributed by atoms with E-state index in [1.165, 1.54) is 0 Å². The third-order valence-corrected chi connectivity index (χ3v) is 3.12. The summed E-state index contributed by atoms with van der Waals surface area (Å²) in [6.45, 7) is 5.52. The Morgan fingerprint density at radius 2 is 2.29 bits per heavy atom. The van der Waals surface area contributed by atoms with Crippen molar-refractivity contribution in [2.45, 2.75) is 17.9 Å². The summed E-state index contributed by atoms with van der Waals surface area (Å²) >= 11 is 0.427. The Labute approximate surface area is 56.1 Å². The van der Waals surface area contributed by atoms with E-state index in [2.05, 4.69) is 24.1 Å². The maximum absolute atomic E-state index is 3.34. The SMILES string of the molecule is CCNC(C)[I-]C. The molecule has 0 aliphatic carbocycles. The number of hydrogen-bond acceptors (Lipinski definition) is 1. The zero-order valence-electron chi connectivity index (χ0n) is 5.16. The number of hydrogen-bond donors (Lipinski definition) is 1. The van der Waals surface area contributed by atoms with E-state index >= 15 is 0 Å². The van der Waals surface area contributed by atoms with Crippen LogP contribution < -0.4 is 26.5 Å². The fourth-order valence-electron chi connectivity index (χ4n) is 0.358. The number of nitrogens with one attached hydrogen (secondary N) is 1. The van der Waals surface area contributed by atoms with E-state index in [-0.39, 0.29) is 0 Å². The van der Waals surface area contributed by atoms with Crippen molar-refractivity contribution in [2.75, 3.05) is 11.5 Å². The minimum absolute atomic E-state index is 0.427. The second-order valence-electron chi connectivity index (χ2n) is 1.39. The molecule has 0 aromatic heterocycles. The first-order valence-corrected chi connectivity index (χ1v) is 5.93. The maximum atomic E-state index is 3.34. The van der Waals surface area contributed by atoms with Gasteiger partial charge in [-0.3, -0.25) is 0 Å². The van der Waals surface area contributed by atoms with Crippen LogP contribution in [0.3, 0.4) is 0 Å². The first-order valence-electron chi connectivity index (χ1n) is 2.52. The first-order chi connectivity index (χ1) is 3.31. The fraction of sp³-hybridized carbons (Fsp3) is 1.00. The second kappa shape index (κ2) is 4.84. The molecule has 0 saturated heterocycles. The van der Waals surface area contributed by atoms with Crippen molar-refractivity contribution in [3.63, 3.8) is 0 Å². The molecule has 1 atom stereocenters. The molecule has 1 N–H and O–H groups in total. The Balaban J connectivity index is 2.83. The van der Waals surface area contributed by atoms with Gasteiger partial charge in [0.1, 0.15) is 0 Å². The van der Waals surface area contributed by atoms with Crippen LogP contribution in [0.4, 0.5) is 0 Å². The molecule has 0 aromatic rings. The van der Waals surface area contributed by atoms with Crippen LogP contribution in [0, 0.1) is 0 Å². The second-order valence-corrected chi connectivity index (χ2v) is 4.51.